The van der Waals surface area contributed by atoms with Gasteiger partial charge in [-0.3, -0.25) is 0 Å². The Bertz CT molecular complexity index is 558. The molecule has 0 heterocycles. The number of hydrogen-bond donors (Lipinski definition) is 1. The Hall–Kier alpha value is -1.94. The molecule has 0 saturated carbocycles. The van der Waals surface area contributed by atoms with Crippen LogP contribution in [0.5, 0.6) is 0 Å². The molecule has 2 rings (SSSR count). The monoisotopic (exact) mass is 276 g/mol. The molecule has 0 aliphatic heterocycles. The van der Waals surface area contributed by atoms with E-state index >= 15 is 0 Å². The van der Waals surface area contributed by atoms with Crippen molar-refractivity contribution in [3.05, 3.63) is 65.7 Å². The highest BCUT2D eigenvalue weighted by atomic mass is 19.1. The minimum Gasteiger partial charge on any atom is -0.370 e. The molecule has 0 bridgehead atoms. The van der Waals surface area contributed by atoms with E-state index in [-0.39, 0.29) is 5.56 Å². The Morgan fingerprint density at radius 2 is 1.80 bits per heavy atom. The van der Waals surface area contributed by atoms with E-state index in [1.54, 1.807) is 0 Å². The molecule has 1 atom stereocenters. The van der Waals surface area contributed by atoms with Gasteiger partial charge in [0.05, 0.1) is 6.04 Å². The Morgan fingerprint density at radius 3 is 2.45 bits per heavy atom. The van der Waals surface area contributed by atoms with Gasteiger partial charge < -0.3 is 10.6 Å². The van der Waals surface area contributed by atoms with Crippen molar-refractivity contribution in [2.45, 2.75) is 13.0 Å². The molecule has 0 aliphatic rings. The van der Waals surface area contributed by atoms with Gasteiger partial charge >= 0.3 is 0 Å². The smallest absolute Gasteiger partial charge is 0.128 e. The van der Waals surface area contributed by atoms with Crippen molar-refractivity contribution < 1.29 is 8.78 Å². The maximum absolute atomic E-state index is 13.7. The van der Waals surface area contributed by atoms with Gasteiger partial charge in [0.25, 0.3) is 0 Å². The average molecular weight is 276 g/mol. The van der Waals surface area contributed by atoms with Gasteiger partial charge in [-0.15, -0.1) is 0 Å². The largest absolute Gasteiger partial charge is 0.370 e. The zero-order chi connectivity index (χ0) is 14.5. The van der Waals surface area contributed by atoms with Crippen molar-refractivity contribution in [3.63, 3.8) is 0 Å². The molecular weight excluding hydrogens is 258 g/mol. The van der Waals surface area contributed by atoms with E-state index in [0.717, 1.165) is 24.4 Å². The quantitative estimate of drug-likeness (QED) is 0.905. The maximum atomic E-state index is 13.7. The summed E-state index contributed by atoms with van der Waals surface area (Å²) < 4.78 is 26.9. The standard InChI is InChI=1S/C16H18F2N2/c1-2-20(13-6-4-3-5-7-13)11-16(19)14-10-12(17)8-9-15(14)18/h3-10,16H,2,11,19H2,1H3. The lowest BCUT2D eigenvalue weighted by Gasteiger charge is -2.27. The van der Waals surface area contributed by atoms with Crippen LogP contribution in [-0.4, -0.2) is 13.1 Å². The highest BCUT2D eigenvalue weighted by Gasteiger charge is 2.16. The first-order valence-electron chi connectivity index (χ1n) is 6.62. The third kappa shape index (κ3) is 3.33. The molecule has 2 aromatic rings. The predicted molar refractivity (Wildman–Crippen MR) is 77.6 cm³/mol. The predicted octanol–water partition coefficient (Wildman–Crippen LogP) is 3.49. The van der Waals surface area contributed by atoms with Crippen LogP contribution in [0, 0.1) is 11.6 Å². The highest BCUT2D eigenvalue weighted by Crippen LogP contribution is 2.20. The van der Waals surface area contributed by atoms with Crippen molar-refractivity contribution in [1.82, 2.24) is 0 Å². The van der Waals surface area contributed by atoms with Gasteiger partial charge in [0.1, 0.15) is 11.6 Å². The summed E-state index contributed by atoms with van der Waals surface area (Å²) >= 11 is 0. The first-order valence-corrected chi connectivity index (χ1v) is 6.62. The zero-order valence-electron chi connectivity index (χ0n) is 11.4. The highest BCUT2D eigenvalue weighted by molar-refractivity contribution is 5.46. The molecule has 20 heavy (non-hydrogen) atoms. The van der Waals surface area contributed by atoms with E-state index in [4.69, 9.17) is 5.73 Å². The molecule has 1 unspecified atom stereocenters. The van der Waals surface area contributed by atoms with Crippen LogP contribution in [0.25, 0.3) is 0 Å². The summed E-state index contributed by atoms with van der Waals surface area (Å²) in [6, 6.07) is 12.5. The Kier molecular flexibility index (Phi) is 4.69. The molecule has 2 nitrogen and oxygen atoms in total. The van der Waals surface area contributed by atoms with Gasteiger partial charge in [-0.05, 0) is 37.3 Å². The number of benzene rings is 2. The molecule has 0 spiro atoms. The molecule has 0 amide bonds. The van der Waals surface area contributed by atoms with Crippen molar-refractivity contribution in [2.24, 2.45) is 5.73 Å². The van der Waals surface area contributed by atoms with Gasteiger partial charge in [-0.2, -0.15) is 0 Å². The molecule has 4 heteroatoms. The summed E-state index contributed by atoms with van der Waals surface area (Å²) in [7, 11) is 0. The molecule has 0 aliphatic carbocycles. The van der Waals surface area contributed by atoms with Gasteiger partial charge in [0.15, 0.2) is 0 Å². The lowest BCUT2D eigenvalue weighted by atomic mass is 10.1. The molecule has 106 valence electrons. The normalized spacial score (nSPS) is 12.2. The average Bonchev–Trinajstić information content (AvgIpc) is 2.48. The first-order chi connectivity index (χ1) is 9.61. The van der Waals surface area contributed by atoms with Gasteiger partial charge in [-0.25, -0.2) is 8.78 Å². The minimum atomic E-state index is -0.578. The number of anilines is 1. The van der Waals surface area contributed by atoms with Crippen LogP contribution in [0.2, 0.25) is 0 Å². The maximum Gasteiger partial charge on any atom is 0.128 e. The van der Waals surface area contributed by atoms with Crippen LogP contribution in [0.4, 0.5) is 14.5 Å². The van der Waals surface area contributed by atoms with E-state index in [1.165, 1.54) is 6.07 Å². The number of nitrogens with two attached hydrogens (primary N) is 1. The molecule has 0 aromatic heterocycles. The summed E-state index contributed by atoms with van der Waals surface area (Å²) in [6.45, 7) is 3.18. The molecule has 0 fully saturated rings. The Balaban J connectivity index is 2.17. The lowest BCUT2D eigenvalue weighted by molar-refractivity contribution is 0.558. The van der Waals surface area contributed by atoms with E-state index in [9.17, 15) is 8.78 Å². The molecule has 2 aromatic carbocycles. The zero-order valence-corrected chi connectivity index (χ0v) is 11.4. The number of likely N-dealkylation sites (N-methyl/N-ethyl adjacent to an activating group) is 1. The Morgan fingerprint density at radius 1 is 1.10 bits per heavy atom. The minimum absolute atomic E-state index is 0.208. The molecule has 0 saturated heterocycles. The van der Waals surface area contributed by atoms with Gasteiger partial charge in [0.2, 0.25) is 0 Å². The van der Waals surface area contributed by atoms with Gasteiger partial charge in [-0.1, -0.05) is 18.2 Å². The summed E-state index contributed by atoms with van der Waals surface area (Å²) in [5, 5.41) is 0. The fourth-order valence-electron chi connectivity index (χ4n) is 2.19. The second kappa shape index (κ2) is 6.48. The third-order valence-corrected chi connectivity index (χ3v) is 3.28. The SMILES string of the molecule is CCN(CC(N)c1cc(F)ccc1F)c1ccccc1. The second-order valence-corrected chi connectivity index (χ2v) is 4.65. The summed E-state index contributed by atoms with van der Waals surface area (Å²) in [5.74, 6) is -0.942. The van der Waals surface area contributed by atoms with E-state index < -0.39 is 17.7 Å². The number of para-hydroxylation sites is 1. The van der Waals surface area contributed by atoms with E-state index in [1.807, 2.05) is 42.2 Å². The Labute approximate surface area is 117 Å². The van der Waals surface area contributed by atoms with E-state index in [2.05, 4.69) is 0 Å². The summed E-state index contributed by atoms with van der Waals surface area (Å²) in [5.41, 5.74) is 7.25. The summed E-state index contributed by atoms with van der Waals surface area (Å²) in [4.78, 5) is 2.04. The second-order valence-electron chi connectivity index (χ2n) is 4.65. The van der Waals surface area contributed by atoms with Crippen LogP contribution in [0.1, 0.15) is 18.5 Å². The van der Waals surface area contributed by atoms with E-state index in [0.29, 0.717) is 6.54 Å². The number of nitrogens with zero attached hydrogens (tertiary/aromatic N) is 1. The van der Waals surface area contributed by atoms with Crippen LogP contribution < -0.4 is 10.6 Å². The van der Waals surface area contributed by atoms with Gasteiger partial charge in [0, 0.05) is 24.3 Å². The van der Waals surface area contributed by atoms with Crippen LogP contribution in [0.15, 0.2) is 48.5 Å². The molecule has 0 radical (unpaired) electrons. The van der Waals surface area contributed by atoms with Crippen LogP contribution in [0.3, 0.4) is 0 Å². The van der Waals surface area contributed by atoms with Crippen LogP contribution in [-0.2, 0) is 0 Å². The topological polar surface area (TPSA) is 29.3 Å². The fourth-order valence-corrected chi connectivity index (χ4v) is 2.19. The number of hydrogen-bond acceptors (Lipinski definition) is 2. The third-order valence-electron chi connectivity index (χ3n) is 3.28. The van der Waals surface area contributed by atoms with Crippen molar-refractivity contribution in [2.75, 3.05) is 18.0 Å². The number of halogens is 2. The first kappa shape index (κ1) is 14.5. The van der Waals surface area contributed by atoms with Crippen LogP contribution >= 0.6 is 0 Å². The van der Waals surface area contributed by atoms with Crippen molar-refractivity contribution in [1.29, 1.82) is 0 Å². The van der Waals surface area contributed by atoms with Crippen molar-refractivity contribution >= 4 is 5.69 Å². The molecule has 2 N–H and O–H groups in total. The van der Waals surface area contributed by atoms with Crippen molar-refractivity contribution in [3.8, 4) is 0 Å². The fraction of sp³-hybridized carbons (Fsp3) is 0.250. The molecular formula is C16H18F2N2. The number of rotatable bonds is 5. The lowest BCUT2D eigenvalue weighted by Crippen LogP contribution is -2.32. The summed E-state index contributed by atoms with van der Waals surface area (Å²) in [6.07, 6.45) is 0.